The fourth-order valence-corrected chi connectivity index (χ4v) is 4.70. The molecule has 2 aromatic carbocycles. The lowest BCUT2D eigenvalue weighted by Gasteiger charge is -2.34. The van der Waals surface area contributed by atoms with Gasteiger partial charge in [0.2, 0.25) is 0 Å². The van der Waals surface area contributed by atoms with Crippen LogP contribution in [0.15, 0.2) is 53.3 Å². The van der Waals surface area contributed by atoms with E-state index in [1.54, 1.807) is 16.9 Å². The number of nitrogens with one attached hydrogen (secondary N) is 1. The Morgan fingerprint density at radius 1 is 1.29 bits per heavy atom. The summed E-state index contributed by atoms with van der Waals surface area (Å²) < 4.78 is 16.1. The van der Waals surface area contributed by atoms with Gasteiger partial charge in [-0.3, -0.25) is 4.79 Å². The van der Waals surface area contributed by atoms with E-state index < -0.39 is 5.54 Å². The van der Waals surface area contributed by atoms with Crippen LogP contribution in [0, 0.1) is 12.7 Å². The first-order valence-corrected chi connectivity index (χ1v) is 10.9. The van der Waals surface area contributed by atoms with Crippen molar-refractivity contribution in [2.24, 2.45) is 0 Å². The van der Waals surface area contributed by atoms with Crippen LogP contribution in [0.3, 0.4) is 0 Å². The number of rotatable bonds is 3. The van der Waals surface area contributed by atoms with Gasteiger partial charge in [0.1, 0.15) is 11.6 Å². The Kier molecular flexibility index (Phi) is 4.69. The first-order valence-electron chi connectivity index (χ1n) is 10.1. The standard InChI is InChI=1S/C23H21BrFN5O/c1-14-5-6-20(30-10-4-8-26-30)15(11-14)21(31)29-9-3-7-23(29,2)22-27-18-12-16(24)17(25)13-19(18)28-22/h4-6,8,10-13H,3,7,9H2,1-2H3,(H,27,28). The number of aromatic nitrogens is 4. The number of H-pyrrole nitrogens is 1. The van der Waals surface area contributed by atoms with E-state index in [2.05, 4.69) is 26.0 Å². The van der Waals surface area contributed by atoms with Crippen LogP contribution in [0.1, 0.15) is 41.5 Å². The molecule has 0 bridgehead atoms. The Bertz CT molecular complexity index is 1260. The Morgan fingerprint density at radius 2 is 2.13 bits per heavy atom. The Balaban J connectivity index is 1.58. The van der Waals surface area contributed by atoms with Gasteiger partial charge in [-0.05, 0) is 66.9 Å². The highest BCUT2D eigenvalue weighted by molar-refractivity contribution is 9.10. The molecule has 1 N–H and O–H groups in total. The van der Waals surface area contributed by atoms with Crippen LogP contribution in [-0.2, 0) is 5.54 Å². The smallest absolute Gasteiger partial charge is 0.256 e. The molecule has 0 radical (unpaired) electrons. The van der Waals surface area contributed by atoms with Crippen LogP contribution in [0.5, 0.6) is 0 Å². The van der Waals surface area contributed by atoms with Crippen LogP contribution in [-0.4, -0.2) is 37.1 Å². The molecule has 0 spiro atoms. The van der Waals surface area contributed by atoms with Gasteiger partial charge in [0.15, 0.2) is 0 Å². The monoisotopic (exact) mass is 481 g/mol. The highest BCUT2D eigenvalue weighted by atomic mass is 79.9. The molecule has 1 saturated heterocycles. The van der Waals surface area contributed by atoms with Gasteiger partial charge in [-0.25, -0.2) is 14.1 Å². The van der Waals surface area contributed by atoms with Crippen molar-refractivity contribution < 1.29 is 9.18 Å². The summed E-state index contributed by atoms with van der Waals surface area (Å²) >= 11 is 3.22. The molecule has 158 valence electrons. The molecular weight excluding hydrogens is 461 g/mol. The van der Waals surface area contributed by atoms with E-state index in [0.29, 0.717) is 33.4 Å². The zero-order chi connectivity index (χ0) is 21.8. The number of imidazole rings is 1. The van der Waals surface area contributed by atoms with E-state index in [1.807, 2.05) is 49.2 Å². The first kappa shape index (κ1) is 19.9. The molecule has 1 aliphatic rings. The van der Waals surface area contributed by atoms with Crippen LogP contribution in [0.4, 0.5) is 4.39 Å². The van der Waals surface area contributed by atoms with Crippen LogP contribution < -0.4 is 0 Å². The summed E-state index contributed by atoms with van der Waals surface area (Å²) in [4.78, 5) is 23.6. The van der Waals surface area contributed by atoms with Crippen molar-refractivity contribution in [1.82, 2.24) is 24.6 Å². The SMILES string of the molecule is Cc1ccc(-n2cccn2)c(C(=O)N2CCCC2(C)c2nc3cc(Br)c(F)cc3[nH]2)c1. The van der Waals surface area contributed by atoms with Gasteiger partial charge in [0.25, 0.3) is 5.91 Å². The second-order valence-electron chi connectivity index (χ2n) is 8.17. The third kappa shape index (κ3) is 3.26. The summed E-state index contributed by atoms with van der Waals surface area (Å²) in [5, 5.41) is 4.31. The van der Waals surface area contributed by atoms with E-state index >= 15 is 0 Å². The van der Waals surface area contributed by atoms with Crippen molar-refractivity contribution in [3.63, 3.8) is 0 Å². The minimum atomic E-state index is -0.621. The average molecular weight is 482 g/mol. The van der Waals surface area contributed by atoms with Crippen molar-refractivity contribution in [2.45, 2.75) is 32.2 Å². The fourth-order valence-electron chi connectivity index (χ4n) is 4.37. The van der Waals surface area contributed by atoms with Gasteiger partial charge < -0.3 is 9.88 Å². The molecule has 1 aliphatic heterocycles. The molecule has 0 aliphatic carbocycles. The summed E-state index contributed by atoms with van der Waals surface area (Å²) in [6.07, 6.45) is 5.15. The minimum absolute atomic E-state index is 0.0676. The number of likely N-dealkylation sites (tertiary alicyclic amines) is 1. The van der Waals surface area contributed by atoms with E-state index in [1.165, 1.54) is 6.07 Å². The largest absolute Gasteiger partial charge is 0.340 e. The molecule has 8 heteroatoms. The van der Waals surface area contributed by atoms with Crippen molar-refractivity contribution in [3.05, 3.63) is 76.0 Å². The molecule has 3 heterocycles. The Labute approximate surface area is 187 Å². The number of nitrogens with zero attached hydrogens (tertiary/aromatic N) is 4. The van der Waals surface area contributed by atoms with Gasteiger partial charge in [-0.1, -0.05) is 11.6 Å². The summed E-state index contributed by atoms with van der Waals surface area (Å²) in [6, 6.07) is 10.7. The number of hydrogen-bond acceptors (Lipinski definition) is 3. The van der Waals surface area contributed by atoms with Gasteiger partial charge in [-0.15, -0.1) is 0 Å². The second-order valence-corrected chi connectivity index (χ2v) is 9.03. The molecule has 5 rings (SSSR count). The average Bonchev–Trinajstić information content (AvgIpc) is 3.48. The zero-order valence-electron chi connectivity index (χ0n) is 17.2. The van der Waals surface area contributed by atoms with Gasteiger partial charge in [0, 0.05) is 25.0 Å². The van der Waals surface area contributed by atoms with E-state index in [9.17, 15) is 9.18 Å². The summed E-state index contributed by atoms with van der Waals surface area (Å²) in [6.45, 7) is 4.61. The number of amides is 1. The number of benzene rings is 2. The lowest BCUT2D eigenvalue weighted by atomic mass is 9.96. The van der Waals surface area contributed by atoms with Crippen molar-refractivity contribution in [2.75, 3.05) is 6.54 Å². The van der Waals surface area contributed by atoms with E-state index in [-0.39, 0.29) is 11.7 Å². The number of aromatic amines is 1. The molecule has 1 atom stereocenters. The molecule has 6 nitrogen and oxygen atoms in total. The number of hydrogen-bond donors (Lipinski definition) is 1. The summed E-state index contributed by atoms with van der Waals surface area (Å²) in [5.74, 6) is 0.247. The van der Waals surface area contributed by atoms with Crippen LogP contribution >= 0.6 is 15.9 Å². The van der Waals surface area contributed by atoms with Gasteiger partial charge in [-0.2, -0.15) is 5.10 Å². The van der Waals surface area contributed by atoms with Crippen molar-refractivity contribution >= 4 is 32.9 Å². The van der Waals surface area contributed by atoms with Gasteiger partial charge >= 0.3 is 0 Å². The minimum Gasteiger partial charge on any atom is -0.340 e. The molecule has 0 saturated carbocycles. The molecule has 1 fully saturated rings. The predicted octanol–water partition coefficient (Wildman–Crippen LogP) is 5.11. The number of carbonyl (C=O) groups excluding carboxylic acids is 1. The predicted molar refractivity (Wildman–Crippen MR) is 120 cm³/mol. The molecule has 31 heavy (non-hydrogen) atoms. The quantitative estimate of drug-likeness (QED) is 0.442. The lowest BCUT2D eigenvalue weighted by molar-refractivity contribution is 0.0605. The van der Waals surface area contributed by atoms with Crippen LogP contribution in [0.25, 0.3) is 16.7 Å². The van der Waals surface area contributed by atoms with Gasteiger partial charge in [0.05, 0.1) is 32.3 Å². The highest BCUT2D eigenvalue weighted by Gasteiger charge is 2.44. The molecular formula is C23H21BrFN5O. The third-order valence-corrected chi connectivity index (χ3v) is 6.66. The molecule has 2 aromatic heterocycles. The maximum atomic E-state index is 14.0. The molecule has 4 aromatic rings. The van der Waals surface area contributed by atoms with E-state index in [0.717, 1.165) is 24.1 Å². The Morgan fingerprint density at radius 3 is 2.90 bits per heavy atom. The first-order chi connectivity index (χ1) is 14.9. The normalized spacial score (nSPS) is 18.8. The zero-order valence-corrected chi connectivity index (χ0v) is 18.8. The topological polar surface area (TPSA) is 66.8 Å². The number of carbonyl (C=O) groups is 1. The van der Waals surface area contributed by atoms with Crippen LogP contribution in [0.2, 0.25) is 0 Å². The summed E-state index contributed by atoms with van der Waals surface area (Å²) in [5.41, 5.74) is 3.00. The van der Waals surface area contributed by atoms with E-state index in [4.69, 9.17) is 4.98 Å². The maximum absolute atomic E-state index is 14.0. The summed E-state index contributed by atoms with van der Waals surface area (Å²) in [7, 11) is 0. The second kappa shape index (κ2) is 7.30. The maximum Gasteiger partial charge on any atom is 0.256 e. The number of halogens is 2. The number of fused-ring (bicyclic) bond motifs is 1. The fraction of sp³-hybridized carbons (Fsp3) is 0.261. The Hall–Kier alpha value is -3.00. The highest BCUT2D eigenvalue weighted by Crippen LogP contribution is 2.39. The molecule has 1 amide bonds. The third-order valence-electron chi connectivity index (χ3n) is 6.05. The van der Waals surface area contributed by atoms with Crippen molar-refractivity contribution in [3.8, 4) is 5.69 Å². The molecule has 1 unspecified atom stereocenters. The number of aryl methyl sites for hydroxylation is 1. The van der Waals surface area contributed by atoms with Crippen molar-refractivity contribution in [1.29, 1.82) is 0 Å². The lowest BCUT2D eigenvalue weighted by Crippen LogP contribution is -2.44.